The molecule has 2 N–H and O–H groups in total. The molecule has 1 heterocycles. The van der Waals surface area contributed by atoms with E-state index in [2.05, 4.69) is 0 Å². The molecule has 4 rings (SSSR count). The van der Waals surface area contributed by atoms with Gasteiger partial charge in [-0.05, 0) is 41.0 Å². The third kappa shape index (κ3) is 7.17. The number of amides is 4. The number of hydrogen-bond acceptors (Lipinski definition) is 5. The van der Waals surface area contributed by atoms with Gasteiger partial charge < -0.3 is 4.90 Å². The number of carbonyl (C=O) groups excluding carboxylic acids is 3. The van der Waals surface area contributed by atoms with Crippen LogP contribution in [0, 0.1) is 0 Å². The van der Waals surface area contributed by atoms with Crippen molar-refractivity contribution in [2.45, 2.75) is 12.7 Å². The van der Waals surface area contributed by atoms with Gasteiger partial charge in [0.25, 0.3) is 5.91 Å². The van der Waals surface area contributed by atoms with Gasteiger partial charge in [0.2, 0.25) is 0 Å². The average molecular weight is 575 g/mol. The van der Waals surface area contributed by atoms with Gasteiger partial charge in [0.15, 0.2) is 9.84 Å². The first-order chi connectivity index (χ1) is 18.9. The summed E-state index contributed by atoms with van der Waals surface area (Å²) in [5.41, 5.74) is 6.08. The fourth-order valence-corrected chi connectivity index (χ4v) is 5.21. The van der Waals surface area contributed by atoms with Crippen LogP contribution in [-0.4, -0.2) is 61.9 Å². The number of halogens is 3. The molecule has 210 valence electrons. The van der Waals surface area contributed by atoms with Crippen molar-refractivity contribution in [3.05, 3.63) is 90.0 Å². The van der Waals surface area contributed by atoms with E-state index in [-0.39, 0.29) is 42.7 Å². The predicted octanol–water partition coefficient (Wildman–Crippen LogP) is 3.53. The molecule has 0 radical (unpaired) electrons. The van der Waals surface area contributed by atoms with Crippen molar-refractivity contribution in [1.29, 1.82) is 0 Å². The van der Waals surface area contributed by atoms with Crippen LogP contribution < -0.4 is 15.8 Å². The Morgan fingerprint density at radius 2 is 1.38 bits per heavy atom. The highest BCUT2D eigenvalue weighted by Gasteiger charge is 2.39. The zero-order valence-electron chi connectivity index (χ0n) is 21.0. The Morgan fingerprint density at radius 1 is 0.800 bits per heavy atom. The molecular weight excluding hydrogens is 549 g/mol. The first-order valence-corrected chi connectivity index (χ1v) is 13.9. The number of hydrazine groups is 1. The van der Waals surface area contributed by atoms with Gasteiger partial charge in [0.05, 0.1) is 18.1 Å². The van der Waals surface area contributed by atoms with E-state index < -0.39 is 27.8 Å². The van der Waals surface area contributed by atoms with Gasteiger partial charge in [0, 0.05) is 24.3 Å². The molecule has 13 heteroatoms. The fraction of sp³-hybridized carbons (Fsp3) is 0.222. The van der Waals surface area contributed by atoms with Crippen LogP contribution in [-0.2, 0) is 21.2 Å². The summed E-state index contributed by atoms with van der Waals surface area (Å²) >= 11 is 0. The van der Waals surface area contributed by atoms with Gasteiger partial charge in [0.1, 0.15) is 0 Å². The molecular formula is C27H25F3N4O5S. The second-order valence-electron chi connectivity index (χ2n) is 9.02. The van der Waals surface area contributed by atoms with Gasteiger partial charge in [-0.25, -0.2) is 13.2 Å². The molecule has 1 aliphatic heterocycles. The number of alkyl halides is 3. The molecule has 4 amide bonds. The first-order valence-electron chi connectivity index (χ1n) is 12.1. The third-order valence-electron chi connectivity index (χ3n) is 6.24. The van der Waals surface area contributed by atoms with Crippen LogP contribution in [0.1, 0.15) is 15.9 Å². The predicted molar refractivity (Wildman–Crippen MR) is 142 cm³/mol. The van der Waals surface area contributed by atoms with E-state index in [1.165, 1.54) is 39.5 Å². The molecule has 40 heavy (non-hydrogen) atoms. The molecule has 0 saturated carbocycles. The Labute approximate surface area is 228 Å². The maximum atomic E-state index is 13.5. The number of rotatable bonds is 5. The number of sulfone groups is 1. The molecule has 0 atom stereocenters. The van der Waals surface area contributed by atoms with Crippen LogP contribution in [0.2, 0.25) is 0 Å². The number of carbonyl (C=O) groups is 3. The van der Waals surface area contributed by atoms with E-state index in [4.69, 9.17) is 0 Å². The summed E-state index contributed by atoms with van der Waals surface area (Å²) in [6.07, 6.45) is -5.15. The van der Waals surface area contributed by atoms with Gasteiger partial charge in [-0.3, -0.25) is 25.3 Å². The first kappa shape index (κ1) is 28.6. The Morgan fingerprint density at radius 3 is 1.95 bits per heavy atom. The molecule has 0 aromatic heterocycles. The monoisotopic (exact) mass is 574 g/mol. The number of hydrogen-bond donors (Lipinski definition) is 2. The van der Waals surface area contributed by atoms with Crippen LogP contribution in [0.4, 0.5) is 23.7 Å². The zero-order valence-corrected chi connectivity index (χ0v) is 21.8. The minimum Gasteiger partial charge on any atom is -0.322 e. The second-order valence-corrected chi connectivity index (χ2v) is 11.3. The normalized spacial score (nSPS) is 14.7. The molecule has 0 aliphatic carbocycles. The van der Waals surface area contributed by atoms with Crippen molar-refractivity contribution in [2.24, 2.45) is 0 Å². The van der Waals surface area contributed by atoms with Gasteiger partial charge in [-0.2, -0.15) is 13.2 Å². The van der Waals surface area contributed by atoms with E-state index in [0.29, 0.717) is 11.3 Å². The van der Waals surface area contributed by atoms with Crippen LogP contribution in [0.15, 0.2) is 78.9 Å². The SMILES string of the molecule is O=C(NNC(=O)C(F)(F)F)c1ccc(CN(C(=O)N2CCS(=O)(=O)CC2)c2ccc(-c3ccccc3)cc2)cc1. The van der Waals surface area contributed by atoms with Crippen LogP contribution in [0.5, 0.6) is 0 Å². The van der Waals surface area contributed by atoms with Crippen molar-refractivity contribution in [3.8, 4) is 11.1 Å². The van der Waals surface area contributed by atoms with Crippen molar-refractivity contribution < 1.29 is 36.0 Å². The lowest BCUT2D eigenvalue weighted by molar-refractivity contribution is -0.174. The van der Waals surface area contributed by atoms with Crippen molar-refractivity contribution in [3.63, 3.8) is 0 Å². The Balaban J connectivity index is 1.52. The van der Waals surface area contributed by atoms with E-state index >= 15 is 0 Å². The highest BCUT2D eigenvalue weighted by molar-refractivity contribution is 7.91. The Bertz CT molecular complexity index is 1470. The van der Waals surface area contributed by atoms with Crippen LogP contribution >= 0.6 is 0 Å². The van der Waals surface area contributed by atoms with Gasteiger partial charge in [-0.15, -0.1) is 0 Å². The van der Waals surface area contributed by atoms with Crippen LogP contribution in [0.3, 0.4) is 0 Å². The number of nitrogens with one attached hydrogen (secondary N) is 2. The number of nitrogens with zero attached hydrogens (tertiary/aromatic N) is 2. The second kappa shape index (κ2) is 11.8. The molecule has 1 saturated heterocycles. The lowest BCUT2D eigenvalue weighted by atomic mass is 10.1. The minimum absolute atomic E-state index is 0.0162. The van der Waals surface area contributed by atoms with Crippen molar-refractivity contribution >= 4 is 33.4 Å². The summed E-state index contributed by atoms with van der Waals surface area (Å²) in [6.45, 7) is 0.185. The summed E-state index contributed by atoms with van der Waals surface area (Å²) in [7, 11) is -3.20. The smallest absolute Gasteiger partial charge is 0.322 e. The highest BCUT2D eigenvalue weighted by Crippen LogP contribution is 2.26. The maximum absolute atomic E-state index is 13.5. The van der Waals surface area contributed by atoms with Gasteiger partial charge >= 0.3 is 18.1 Å². The summed E-state index contributed by atoms with van der Waals surface area (Å²) in [4.78, 5) is 39.5. The largest absolute Gasteiger partial charge is 0.472 e. The Kier molecular flexibility index (Phi) is 8.43. The molecule has 0 spiro atoms. The summed E-state index contributed by atoms with van der Waals surface area (Å²) in [6, 6.07) is 22.3. The van der Waals surface area contributed by atoms with Crippen molar-refractivity contribution in [2.75, 3.05) is 29.5 Å². The standard InChI is InChI=1S/C27H25F3N4O5S/c28-27(29,30)25(36)32-31-24(35)22-8-6-19(7-9-22)18-34(26(37)33-14-16-40(38,39)17-15-33)23-12-10-21(11-13-23)20-4-2-1-3-5-20/h1-13H,14-18H2,(H,31,35)(H,32,36). The lowest BCUT2D eigenvalue weighted by Gasteiger charge is -2.33. The fourth-order valence-electron chi connectivity index (χ4n) is 4.01. The topological polar surface area (TPSA) is 116 Å². The molecule has 9 nitrogen and oxygen atoms in total. The van der Waals surface area contributed by atoms with E-state index in [9.17, 15) is 36.0 Å². The van der Waals surface area contributed by atoms with E-state index in [0.717, 1.165) is 11.1 Å². The summed E-state index contributed by atoms with van der Waals surface area (Å²) in [5, 5.41) is 0. The summed E-state index contributed by atoms with van der Waals surface area (Å²) < 4.78 is 60.8. The number of benzene rings is 3. The quantitative estimate of drug-likeness (QED) is 0.453. The van der Waals surface area contributed by atoms with Crippen LogP contribution in [0.25, 0.3) is 11.1 Å². The third-order valence-corrected chi connectivity index (χ3v) is 7.84. The van der Waals surface area contributed by atoms with Crippen molar-refractivity contribution in [1.82, 2.24) is 15.8 Å². The van der Waals surface area contributed by atoms with Gasteiger partial charge in [-0.1, -0.05) is 54.6 Å². The highest BCUT2D eigenvalue weighted by atomic mass is 32.2. The minimum atomic E-state index is -5.15. The molecule has 1 fully saturated rings. The number of urea groups is 1. The molecule has 3 aromatic carbocycles. The van der Waals surface area contributed by atoms with E-state index in [1.807, 2.05) is 42.5 Å². The lowest BCUT2D eigenvalue weighted by Crippen LogP contribution is -2.49. The molecule has 0 unspecified atom stereocenters. The zero-order chi connectivity index (χ0) is 28.9. The maximum Gasteiger partial charge on any atom is 0.472 e. The average Bonchev–Trinajstić information content (AvgIpc) is 2.94. The summed E-state index contributed by atoms with van der Waals surface area (Å²) in [5.74, 6) is -3.53. The number of anilines is 1. The molecule has 3 aromatic rings. The molecule has 1 aliphatic rings. The Hall–Kier alpha value is -4.39. The molecule has 0 bridgehead atoms. The van der Waals surface area contributed by atoms with E-state index in [1.54, 1.807) is 17.6 Å².